The molecular formula is C20H29N3O3. The summed E-state index contributed by atoms with van der Waals surface area (Å²) >= 11 is 0. The minimum absolute atomic E-state index is 0.0797. The summed E-state index contributed by atoms with van der Waals surface area (Å²) in [7, 11) is 0. The molecule has 1 aromatic rings. The van der Waals surface area contributed by atoms with Crippen molar-refractivity contribution in [2.75, 3.05) is 19.6 Å². The summed E-state index contributed by atoms with van der Waals surface area (Å²) in [6.07, 6.45) is 1.89. The minimum Gasteiger partial charge on any atom is -0.444 e. The quantitative estimate of drug-likeness (QED) is 0.900. The van der Waals surface area contributed by atoms with Crippen molar-refractivity contribution >= 4 is 12.0 Å². The van der Waals surface area contributed by atoms with Crippen LogP contribution in [-0.2, 0) is 9.53 Å². The SMILES string of the molecule is CC(C)(C)OC(=O)N1C[C@@H](N)C(=O)N(CC2CC2)C[C@H]1c1ccccc1. The van der Waals surface area contributed by atoms with E-state index in [1.165, 1.54) is 0 Å². The van der Waals surface area contributed by atoms with Gasteiger partial charge in [-0.25, -0.2) is 4.79 Å². The highest BCUT2D eigenvalue weighted by Gasteiger charge is 2.40. The summed E-state index contributed by atoms with van der Waals surface area (Å²) in [5.74, 6) is 0.486. The van der Waals surface area contributed by atoms with Crippen LogP contribution in [0.5, 0.6) is 0 Å². The van der Waals surface area contributed by atoms with Crippen LogP contribution in [0.25, 0.3) is 0 Å². The first-order chi connectivity index (χ1) is 12.2. The van der Waals surface area contributed by atoms with E-state index in [9.17, 15) is 9.59 Å². The standard InChI is InChI=1S/C20H29N3O3/c1-20(2,3)26-19(25)23-12-16(21)18(24)22(11-14-9-10-14)13-17(23)15-7-5-4-6-8-15/h4-8,14,16-17H,9-13,21H2,1-3H3/t16-,17+/m1/s1. The third-order valence-electron chi connectivity index (χ3n) is 4.78. The van der Waals surface area contributed by atoms with Crippen LogP contribution in [0.1, 0.15) is 45.2 Å². The van der Waals surface area contributed by atoms with Crippen LogP contribution in [0.15, 0.2) is 30.3 Å². The second-order valence-electron chi connectivity index (χ2n) is 8.35. The van der Waals surface area contributed by atoms with Crippen molar-refractivity contribution in [2.24, 2.45) is 11.7 Å². The Morgan fingerprint density at radius 3 is 2.42 bits per heavy atom. The van der Waals surface area contributed by atoms with Crippen LogP contribution in [0.4, 0.5) is 4.79 Å². The minimum atomic E-state index is -0.727. The summed E-state index contributed by atoms with van der Waals surface area (Å²) in [4.78, 5) is 29.1. The number of nitrogens with zero attached hydrogens (tertiary/aromatic N) is 2. The topological polar surface area (TPSA) is 75.9 Å². The average molecular weight is 359 g/mol. The summed E-state index contributed by atoms with van der Waals surface area (Å²) in [6, 6.07) is 8.81. The first-order valence-corrected chi connectivity index (χ1v) is 9.33. The van der Waals surface area contributed by atoms with Crippen LogP contribution in [0, 0.1) is 5.92 Å². The summed E-state index contributed by atoms with van der Waals surface area (Å²) in [5.41, 5.74) is 6.54. The van der Waals surface area contributed by atoms with Crippen LogP contribution in [-0.4, -0.2) is 53.1 Å². The number of benzene rings is 1. The molecule has 0 spiro atoms. The van der Waals surface area contributed by atoms with Gasteiger partial charge >= 0.3 is 6.09 Å². The summed E-state index contributed by atoms with van der Waals surface area (Å²) in [6.45, 7) is 6.85. The molecule has 6 heteroatoms. The van der Waals surface area contributed by atoms with E-state index in [1.54, 1.807) is 4.90 Å². The molecule has 6 nitrogen and oxygen atoms in total. The largest absolute Gasteiger partial charge is 0.444 e. The van der Waals surface area contributed by atoms with Gasteiger partial charge in [0.2, 0.25) is 5.91 Å². The number of amides is 2. The van der Waals surface area contributed by atoms with Crippen molar-refractivity contribution in [2.45, 2.75) is 51.3 Å². The van der Waals surface area contributed by atoms with Gasteiger partial charge in [-0.1, -0.05) is 30.3 Å². The molecule has 142 valence electrons. The van der Waals surface area contributed by atoms with Crippen molar-refractivity contribution in [3.05, 3.63) is 35.9 Å². The molecule has 26 heavy (non-hydrogen) atoms. The van der Waals surface area contributed by atoms with Gasteiger partial charge in [0, 0.05) is 19.6 Å². The van der Waals surface area contributed by atoms with Gasteiger partial charge in [0.25, 0.3) is 0 Å². The zero-order chi connectivity index (χ0) is 18.9. The number of hydrogen-bond donors (Lipinski definition) is 1. The van der Waals surface area contributed by atoms with E-state index in [-0.39, 0.29) is 18.5 Å². The second kappa shape index (κ2) is 7.27. The molecule has 0 bridgehead atoms. The molecule has 1 heterocycles. The third kappa shape index (κ3) is 4.55. The van der Waals surface area contributed by atoms with Crippen LogP contribution >= 0.6 is 0 Å². The normalized spacial score (nSPS) is 24.4. The number of carbonyl (C=O) groups excluding carboxylic acids is 2. The maximum absolute atomic E-state index is 12.9. The van der Waals surface area contributed by atoms with Gasteiger partial charge in [-0.05, 0) is 45.1 Å². The highest BCUT2D eigenvalue weighted by Crippen LogP contribution is 2.33. The van der Waals surface area contributed by atoms with Gasteiger partial charge in [-0.3, -0.25) is 9.69 Å². The molecule has 1 saturated heterocycles. The maximum Gasteiger partial charge on any atom is 0.410 e. The van der Waals surface area contributed by atoms with Crippen LogP contribution in [0.3, 0.4) is 0 Å². The molecule has 2 aliphatic rings. The van der Waals surface area contributed by atoms with Gasteiger partial charge < -0.3 is 15.4 Å². The highest BCUT2D eigenvalue weighted by molar-refractivity contribution is 5.83. The summed E-state index contributed by atoms with van der Waals surface area (Å²) in [5, 5.41) is 0. The Morgan fingerprint density at radius 2 is 1.85 bits per heavy atom. The number of carbonyl (C=O) groups is 2. The predicted octanol–water partition coefficient (Wildman–Crippen LogP) is 2.54. The van der Waals surface area contributed by atoms with Gasteiger partial charge in [0.15, 0.2) is 0 Å². The van der Waals surface area contributed by atoms with Crippen molar-refractivity contribution in [1.29, 1.82) is 0 Å². The Labute approximate surface area is 155 Å². The Balaban J connectivity index is 1.91. The lowest BCUT2D eigenvalue weighted by molar-refractivity contribution is -0.132. The van der Waals surface area contributed by atoms with E-state index < -0.39 is 17.7 Å². The Morgan fingerprint density at radius 1 is 1.19 bits per heavy atom. The monoisotopic (exact) mass is 359 g/mol. The van der Waals surface area contributed by atoms with Gasteiger partial charge in [-0.15, -0.1) is 0 Å². The predicted molar refractivity (Wildman–Crippen MR) is 99.4 cm³/mol. The summed E-state index contributed by atoms with van der Waals surface area (Å²) < 4.78 is 5.60. The molecule has 1 saturated carbocycles. The van der Waals surface area contributed by atoms with E-state index >= 15 is 0 Å². The van der Waals surface area contributed by atoms with Crippen molar-refractivity contribution in [3.8, 4) is 0 Å². The molecule has 2 N–H and O–H groups in total. The number of rotatable bonds is 3. The molecule has 0 aromatic heterocycles. The van der Waals surface area contributed by atoms with E-state index in [4.69, 9.17) is 10.5 Å². The van der Waals surface area contributed by atoms with Gasteiger partial charge in [0.1, 0.15) is 11.6 Å². The van der Waals surface area contributed by atoms with Crippen molar-refractivity contribution in [3.63, 3.8) is 0 Å². The lowest BCUT2D eigenvalue weighted by Crippen LogP contribution is -2.47. The second-order valence-corrected chi connectivity index (χ2v) is 8.35. The molecule has 2 amide bonds. The van der Waals surface area contributed by atoms with Crippen molar-refractivity contribution in [1.82, 2.24) is 9.80 Å². The smallest absolute Gasteiger partial charge is 0.410 e. The van der Waals surface area contributed by atoms with Gasteiger partial charge in [0.05, 0.1) is 6.04 Å². The lowest BCUT2D eigenvalue weighted by atomic mass is 10.1. The van der Waals surface area contributed by atoms with Gasteiger partial charge in [-0.2, -0.15) is 0 Å². The number of nitrogens with two attached hydrogens (primary N) is 1. The fourth-order valence-electron chi connectivity index (χ4n) is 3.31. The van der Waals surface area contributed by atoms with Crippen LogP contribution in [0.2, 0.25) is 0 Å². The molecule has 1 aromatic carbocycles. The molecular weight excluding hydrogens is 330 g/mol. The molecule has 3 rings (SSSR count). The fraction of sp³-hybridized carbons (Fsp3) is 0.600. The van der Waals surface area contributed by atoms with Crippen LogP contribution < -0.4 is 5.73 Å². The first kappa shape index (κ1) is 18.7. The zero-order valence-electron chi connectivity index (χ0n) is 15.9. The average Bonchev–Trinajstić information content (AvgIpc) is 3.39. The molecule has 1 aliphatic carbocycles. The molecule has 2 atom stereocenters. The number of hydrogen-bond acceptors (Lipinski definition) is 4. The van der Waals surface area contributed by atoms with E-state index in [0.29, 0.717) is 12.5 Å². The molecule has 0 radical (unpaired) electrons. The Bertz CT molecular complexity index is 652. The Kier molecular flexibility index (Phi) is 5.23. The fourth-order valence-corrected chi connectivity index (χ4v) is 3.31. The zero-order valence-corrected chi connectivity index (χ0v) is 15.9. The molecule has 2 fully saturated rings. The first-order valence-electron chi connectivity index (χ1n) is 9.33. The van der Waals surface area contributed by atoms with E-state index in [1.807, 2.05) is 56.0 Å². The van der Waals surface area contributed by atoms with E-state index in [2.05, 4.69) is 0 Å². The highest BCUT2D eigenvalue weighted by atomic mass is 16.6. The maximum atomic E-state index is 12.9. The third-order valence-corrected chi connectivity index (χ3v) is 4.78. The van der Waals surface area contributed by atoms with Crippen molar-refractivity contribution < 1.29 is 14.3 Å². The Hall–Kier alpha value is -2.08. The molecule has 1 aliphatic heterocycles. The number of ether oxygens (including phenoxy) is 1. The molecule has 0 unspecified atom stereocenters. The van der Waals surface area contributed by atoms with E-state index in [0.717, 1.165) is 24.9 Å². The lowest BCUT2D eigenvalue weighted by Gasteiger charge is -2.33.